The van der Waals surface area contributed by atoms with E-state index in [-0.39, 0.29) is 11.8 Å². The Morgan fingerprint density at radius 1 is 1.46 bits per heavy atom. The quantitative estimate of drug-likeness (QED) is 0.687. The van der Waals surface area contributed by atoms with Crippen molar-refractivity contribution in [2.75, 3.05) is 6.61 Å². The van der Waals surface area contributed by atoms with Crippen molar-refractivity contribution in [2.24, 2.45) is 11.7 Å². The fraction of sp³-hybridized carbons (Fsp3) is 0.300. The molecule has 2 rings (SSSR count). The van der Waals surface area contributed by atoms with Crippen molar-refractivity contribution in [3.63, 3.8) is 0 Å². The van der Waals surface area contributed by atoms with Crippen LogP contribution in [-0.2, 0) is 11.2 Å². The number of ether oxygens (including phenoxy) is 1. The summed E-state index contributed by atoms with van der Waals surface area (Å²) in [6, 6.07) is 7.73. The molecule has 1 aliphatic rings. The summed E-state index contributed by atoms with van der Waals surface area (Å²) >= 11 is 0. The molecule has 68 valence electrons. The highest BCUT2D eigenvalue weighted by Gasteiger charge is 2.23. The third-order valence-corrected chi connectivity index (χ3v) is 2.28. The number of carbonyl (C=O) groups is 1. The first-order valence-corrected chi connectivity index (χ1v) is 4.27. The Labute approximate surface area is 76.5 Å². The van der Waals surface area contributed by atoms with Gasteiger partial charge in [-0.15, -0.1) is 0 Å². The van der Waals surface area contributed by atoms with Crippen LogP contribution >= 0.6 is 0 Å². The lowest BCUT2D eigenvalue weighted by Gasteiger charge is -2.22. The average molecular weight is 177 g/mol. The standard InChI is InChI=1S/C10H11NO2/c11-10(12)8-5-7-3-1-2-4-9(7)13-6-8/h1-4,8H,5-6H2,(H2,11,12). The Balaban J connectivity index is 2.24. The second-order valence-corrected chi connectivity index (χ2v) is 3.22. The van der Waals surface area contributed by atoms with Gasteiger partial charge in [0.15, 0.2) is 0 Å². The zero-order chi connectivity index (χ0) is 9.26. The number of hydrogen-bond acceptors (Lipinski definition) is 2. The summed E-state index contributed by atoms with van der Waals surface area (Å²) in [5, 5.41) is 0. The monoisotopic (exact) mass is 177 g/mol. The molecule has 3 heteroatoms. The Morgan fingerprint density at radius 3 is 3.00 bits per heavy atom. The molecule has 1 aromatic rings. The molecular weight excluding hydrogens is 166 g/mol. The van der Waals surface area contributed by atoms with E-state index in [1.165, 1.54) is 0 Å². The Bertz CT molecular complexity index is 335. The molecule has 1 unspecified atom stereocenters. The molecule has 0 radical (unpaired) electrons. The summed E-state index contributed by atoms with van der Waals surface area (Å²) in [4.78, 5) is 10.9. The molecule has 0 aliphatic carbocycles. The number of para-hydroxylation sites is 1. The van der Waals surface area contributed by atoms with Crippen LogP contribution in [0.2, 0.25) is 0 Å². The second kappa shape index (κ2) is 3.09. The fourth-order valence-corrected chi connectivity index (χ4v) is 1.51. The van der Waals surface area contributed by atoms with Gasteiger partial charge in [0.2, 0.25) is 5.91 Å². The van der Waals surface area contributed by atoms with E-state index in [1.807, 2.05) is 24.3 Å². The number of amides is 1. The van der Waals surface area contributed by atoms with Crippen LogP contribution in [0.3, 0.4) is 0 Å². The molecule has 0 spiro atoms. The zero-order valence-corrected chi connectivity index (χ0v) is 7.19. The number of primary amides is 1. The van der Waals surface area contributed by atoms with E-state index in [0.29, 0.717) is 13.0 Å². The summed E-state index contributed by atoms with van der Waals surface area (Å²) in [6.07, 6.45) is 0.700. The van der Waals surface area contributed by atoms with Gasteiger partial charge in [0, 0.05) is 0 Å². The highest BCUT2D eigenvalue weighted by atomic mass is 16.5. The third kappa shape index (κ3) is 1.49. The van der Waals surface area contributed by atoms with Crippen molar-refractivity contribution in [3.05, 3.63) is 29.8 Å². The predicted octanol–water partition coefficient (Wildman–Crippen LogP) is 0.723. The number of nitrogens with two attached hydrogens (primary N) is 1. The van der Waals surface area contributed by atoms with Crippen LogP contribution in [0.5, 0.6) is 5.75 Å². The van der Waals surface area contributed by atoms with E-state index in [1.54, 1.807) is 0 Å². The fourth-order valence-electron chi connectivity index (χ4n) is 1.51. The minimum absolute atomic E-state index is 0.171. The summed E-state index contributed by atoms with van der Waals surface area (Å²) in [5.74, 6) is 0.421. The highest BCUT2D eigenvalue weighted by molar-refractivity contribution is 5.77. The van der Waals surface area contributed by atoms with E-state index < -0.39 is 0 Å². The number of carbonyl (C=O) groups excluding carboxylic acids is 1. The first-order valence-electron chi connectivity index (χ1n) is 4.27. The Hall–Kier alpha value is -1.51. The van der Waals surface area contributed by atoms with Crippen LogP contribution in [-0.4, -0.2) is 12.5 Å². The minimum Gasteiger partial charge on any atom is -0.492 e. The Kier molecular flexibility index (Phi) is 1.93. The van der Waals surface area contributed by atoms with Gasteiger partial charge in [0.25, 0.3) is 0 Å². The topological polar surface area (TPSA) is 52.3 Å². The third-order valence-electron chi connectivity index (χ3n) is 2.28. The largest absolute Gasteiger partial charge is 0.492 e. The van der Waals surface area contributed by atoms with Gasteiger partial charge in [-0.1, -0.05) is 18.2 Å². The molecule has 1 heterocycles. The number of benzene rings is 1. The van der Waals surface area contributed by atoms with Crippen molar-refractivity contribution in [3.8, 4) is 5.75 Å². The SMILES string of the molecule is NC(=O)C1COc2ccccc2C1. The van der Waals surface area contributed by atoms with Crippen LogP contribution in [0, 0.1) is 5.92 Å². The minimum atomic E-state index is -0.283. The first-order chi connectivity index (χ1) is 6.27. The average Bonchev–Trinajstić information content (AvgIpc) is 2.17. The van der Waals surface area contributed by atoms with E-state index in [4.69, 9.17) is 10.5 Å². The van der Waals surface area contributed by atoms with E-state index >= 15 is 0 Å². The van der Waals surface area contributed by atoms with E-state index in [0.717, 1.165) is 11.3 Å². The molecule has 0 aromatic heterocycles. The van der Waals surface area contributed by atoms with Crippen molar-refractivity contribution >= 4 is 5.91 Å². The van der Waals surface area contributed by atoms with Gasteiger partial charge < -0.3 is 10.5 Å². The maximum Gasteiger partial charge on any atom is 0.224 e. The maximum atomic E-state index is 10.9. The molecular formula is C10H11NO2. The van der Waals surface area contributed by atoms with Gasteiger partial charge in [0.1, 0.15) is 12.4 Å². The lowest BCUT2D eigenvalue weighted by molar-refractivity contribution is -0.123. The van der Waals surface area contributed by atoms with Crippen LogP contribution in [0.4, 0.5) is 0 Å². The normalized spacial score (nSPS) is 20.2. The van der Waals surface area contributed by atoms with Crippen LogP contribution in [0.25, 0.3) is 0 Å². The second-order valence-electron chi connectivity index (χ2n) is 3.22. The Morgan fingerprint density at radius 2 is 2.23 bits per heavy atom. The van der Waals surface area contributed by atoms with Gasteiger partial charge in [-0.3, -0.25) is 4.79 Å². The molecule has 0 saturated carbocycles. The summed E-state index contributed by atoms with van der Waals surface area (Å²) in [5.41, 5.74) is 6.27. The molecule has 3 nitrogen and oxygen atoms in total. The molecule has 1 aromatic carbocycles. The van der Waals surface area contributed by atoms with E-state index in [9.17, 15) is 4.79 Å². The van der Waals surface area contributed by atoms with Gasteiger partial charge in [-0.2, -0.15) is 0 Å². The smallest absolute Gasteiger partial charge is 0.224 e. The first kappa shape index (κ1) is 8.10. The zero-order valence-electron chi connectivity index (χ0n) is 7.19. The maximum absolute atomic E-state index is 10.9. The van der Waals surface area contributed by atoms with Crippen molar-refractivity contribution in [2.45, 2.75) is 6.42 Å². The molecule has 0 bridgehead atoms. The number of hydrogen-bond donors (Lipinski definition) is 1. The van der Waals surface area contributed by atoms with Crippen molar-refractivity contribution in [1.29, 1.82) is 0 Å². The molecule has 13 heavy (non-hydrogen) atoms. The number of rotatable bonds is 1. The number of fused-ring (bicyclic) bond motifs is 1. The summed E-state index contributed by atoms with van der Waals surface area (Å²) in [6.45, 7) is 0.409. The van der Waals surface area contributed by atoms with E-state index in [2.05, 4.69) is 0 Å². The van der Waals surface area contributed by atoms with Crippen LogP contribution in [0.15, 0.2) is 24.3 Å². The molecule has 1 aliphatic heterocycles. The summed E-state index contributed by atoms with van der Waals surface area (Å²) < 4.78 is 5.40. The van der Waals surface area contributed by atoms with Crippen LogP contribution < -0.4 is 10.5 Å². The molecule has 1 atom stereocenters. The van der Waals surface area contributed by atoms with Gasteiger partial charge in [-0.05, 0) is 18.1 Å². The predicted molar refractivity (Wildman–Crippen MR) is 48.3 cm³/mol. The van der Waals surface area contributed by atoms with Gasteiger partial charge in [-0.25, -0.2) is 0 Å². The lowest BCUT2D eigenvalue weighted by atomic mass is 9.96. The molecule has 2 N–H and O–H groups in total. The van der Waals surface area contributed by atoms with Crippen LogP contribution in [0.1, 0.15) is 5.56 Å². The lowest BCUT2D eigenvalue weighted by Crippen LogP contribution is -2.33. The van der Waals surface area contributed by atoms with Gasteiger partial charge >= 0.3 is 0 Å². The summed E-state index contributed by atoms with van der Waals surface area (Å²) in [7, 11) is 0. The van der Waals surface area contributed by atoms with Crippen molar-refractivity contribution < 1.29 is 9.53 Å². The highest BCUT2D eigenvalue weighted by Crippen LogP contribution is 2.26. The van der Waals surface area contributed by atoms with Gasteiger partial charge in [0.05, 0.1) is 5.92 Å². The molecule has 0 fully saturated rings. The molecule has 0 saturated heterocycles. The molecule has 1 amide bonds. The van der Waals surface area contributed by atoms with Crippen molar-refractivity contribution in [1.82, 2.24) is 0 Å².